The highest BCUT2D eigenvalue weighted by molar-refractivity contribution is 5.96. The molecule has 0 aliphatic carbocycles. The molecular formula is C32H32FN5O2. The van der Waals surface area contributed by atoms with E-state index in [-0.39, 0.29) is 24.4 Å². The van der Waals surface area contributed by atoms with Gasteiger partial charge in [0.25, 0.3) is 5.91 Å². The number of nitrogens with zero attached hydrogens (tertiary/aromatic N) is 5. The summed E-state index contributed by atoms with van der Waals surface area (Å²) in [6.07, 6.45) is 0. The van der Waals surface area contributed by atoms with Crippen molar-refractivity contribution in [2.75, 3.05) is 37.6 Å². The average molecular weight is 538 g/mol. The van der Waals surface area contributed by atoms with E-state index in [0.717, 1.165) is 22.6 Å². The third-order valence-electron chi connectivity index (χ3n) is 7.36. The Morgan fingerprint density at radius 2 is 1.52 bits per heavy atom. The molecule has 0 radical (unpaired) electrons. The summed E-state index contributed by atoms with van der Waals surface area (Å²) >= 11 is 0. The summed E-state index contributed by atoms with van der Waals surface area (Å²) in [5.41, 5.74) is 4.29. The number of hydrogen-bond donors (Lipinski definition) is 0. The number of halogens is 1. The third kappa shape index (κ3) is 6.17. The summed E-state index contributed by atoms with van der Waals surface area (Å²) in [4.78, 5) is 32.4. The summed E-state index contributed by atoms with van der Waals surface area (Å²) in [7, 11) is 0. The number of hydrogen-bond acceptors (Lipinski definition) is 5. The number of aryl methyl sites for hydroxylation is 1. The van der Waals surface area contributed by atoms with Crippen LogP contribution in [0, 0.1) is 12.7 Å². The molecule has 1 aromatic heterocycles. The molecule has 0 unspecified atom stereocenters. The largest absolute Gasteiger partial charge is 0.352 e. The second kappa shape index (κ2) is 12.1. The minimum Gasteiger partial charge on any atom is -0.352 e. The fourth-order valence-corrected chi connectivity index (χ4v) is 4.86. The molecule has 2 amide bonds. The summed E-state index contributed by atoms with van der Waals surface area (Å²) in [5, 5.41) is 8.84. The molecule has 204 valence electrons. The topological polar surface area (TPSA) is 69.6 Å². The van der Waals surface area contributed by atoms with Crippen LogP contribution >= 0.6 is 0 Å². The molecule has 0 spiro atoms. The molecule has 5 rings (SSSR count). The zero-order chi connectivity index (χ0) is 28.1. The first kappa shape index (κ1) is 27.0. The molecule has 1 saturated heterocycles. The van der Waals surface area contributed by atoms with Gasteiger partial charge in [-0.05, 0) is 55.8 Å². The van der Waals surface area contributed by atoms with Gasteiger partial charge in [-0.1, -0.05) is 60.2 Å². The lowest BCUT2D eigenvalue weighted by molar-refractivity contribution is -0.132. The number of amides is 2. The Morgan fingerprint density at radius 3 is 2.15 bits per heavy atom. The minimum absolute atomic E-state index is 0.0721. The smallest absolute Gasteiger partial charge is 0.254 e. The van der Waals surface area contributed by atoms with Crippen LogP contribution in [0.25, 0.3) is 11.3 Å². The van der Waals surface area contributed by atoms with E-state index in [1.807, 2.05) is 68.4 Å². The summed E-state index contributed by atoms with van der Waals surface area (Å²) in [6.45, 7) is 6.14. The van der Waals surface area contributed by atoms with Crippen molar-refractivity contribution in [3.8, 4) is 11.3 Å². The molecule has 7 nitrogen and oxygen atoms in total. The van der Waals surface area contributed by atoms with Crippen LogP contribution in [0.4, 0.5) is 10.2 Å². The van der Waals surface area contributed by atoms with Gasteiger partial charge in [0.05, 0.1) is 11.7 Å². The van der Waals surface area contributed by atoms with Crippen LogP contribution in [-0.2, 0) is 4.79 Å². The molecule has 40 heavy (non-hydrogen) atoms. The zero-order valence-electron chi connectivity index (χ0n) is 22.7. The Balaban J connectivity index is 1.24. The number of benzene rings is 3. The van der Waals surface area contributed by atoms with Crippen LogP contribution in [0.15, 0.2) is 91.0 Å². The Labute approximate surface area is 233 Å². The minimum atomic E-state index is -0.414. The monoisotopic (exact) mass is 537 g/mol. The molecule has 0 N–H and O–H groups in total. The van der Waals surface area contributed by atoms with Crippen molar-refractivity contribution in [3.05, 3.63) is 114 Å². The van der Waals surface area contributed by atoms with E-state index >= 15 is 0 Å². The highest BCUT2D eigenvalue weighted by atomic mass is 19.1. The lowest BCUT2D eigenvalue weighted by Crippen LogP contribution is -2.52. The standard InChI is InChI=1S/C32H32FN5O2/c1-23-8-10-26(11-9-23)29-16-17-30(35-34-29)36-18-20-37(21-19-36)31(39)22-38(24(2)25-6-4-3-5-7-25)32(40)27-12-14-28(33)15-13-27/h3-17,24H,18-22H2,1-2H3/t24-/m0/s1. The second-order valence-corrected chi connectivity index (χ2v) is 10.0. The molecule has 2 heterocycles. The van der Waals surface area contributed by atoms with Crippen LogP contribution in [0.5, 0.6) is 0 Å². The molecule has 1 aliphatic heterocycles. The van der Waals surface area contributed by atoms with E-state index in [1.54, 1.807) is 9.80 Å². The predicted octanol–water partition coefficient (Wildman–Crippen LogP) is 5.14. The normalized spacial score (nSPS) is 14.1. The Hall–Kier alpha value is -4.59. The zero-order valence-corrected chi connectivity index (χ0v) is 22.7. The molecule has 1 fully saturated rings. The number of piperazine rings is 1. The first-order valence-electron chi connectivity index (χ1n) is 13.4. The molecule has 0 bridgehead atoms. The molecule has 1 aliphatic rings. The van der Waals surface area contributed by atoms with Gasteiger partial charge in [0.1, 0.15) is 12.4 Å². The third-order valence-corrected chi connectivity index (χ3v) is 7.36. The highest BCUT2D eigenvalue weighted by Crippen LogP contribution is 2.24. The van der Waals surface area contributed by atoms with Crippen molar-refractivity contribution in [2.45, 2.75) is 19.9 Å². The molecular weight excluding hydrogens is 505 g/mol. The number of carbonyl (C=O) groups excluding carboxylic acids is 2. The van der Waals surface area contributed by atoms with Gasteiger partial charge in [0.2, 0.25) is 5.91 Å². The van der Waals surface area contributed by atoms with E-state index in [2.05, 4.69) is 27.2 Å². The van der Waals surface area contributed by atoms with E-state index in [1.165, 1.54) is 29.8 Å². The summed E-state index contributed by atoms with van der Waals surface area (Å²) in [5.74, 6) is -0.0811. The van der Waals surface area contributed by atoms with Crippen LogP contribution in [0.1, 0.15) is 34.5 Å². The first-order valence-corrected chi connectivity index (χ1v) is 13.4. The van der Waals surface area contributed by atoms with Crippen LogP contribution in [0.2, 0.25) is 0 Å². The molecule has 4 aromatic rings. The van der Waals surface area contributed by atoms with Gasteiger partial charge in [-0.15, -0.1) is 10.2 Å². The maximum absolute atomic E-state index is 13.5. The lowest BCUT2D eigenvalue weighted by atomic mass is 10.1. The van der Waals surface area contributed by atoms with Gasteiger partial charge in [-0.2, -0.15) is 0 Å². The van der Waals surface area contributed by atoms with E-state index in [0.29, 0.717) is 31.7 Å². The first-order chi connectivity index (χ1) is 19.4. The highest BCUT2D eigenvalue weighted by Gasteiger charge is 2.29. The number of rotatable bonds is 7. The fourth-order valence-electron chi connectivity index (χ4n) is 4.86. The van der Waals surface area contributed by atoms with Crippen molar-refractivity contribution in [3.63, 3.8) is 0 Å². The average Bonchev–Trinajstić information content (AvgIpc) is 3.00. The van der Waals surface area contributed by atoms with Gasteiger partial charge < -0.3 is 14.7 Å². The molecule has 0 saturated carbocycles. The van der Waals surface area contributed by atoms with Gasteiger partial charge in [0, 0.05) is 37.3 Å². The van der Waals surface area contributed by atoms with E-state index < -0.39 is 5.82 Å². The van der Waals surface area contributed by atoms with E-state index in [9.17, 15) is 14.0 Å². The van der Waals surface area contributed by atoms with Crippen LogP contribution < -0.4 is 4.90 Å². The Bertz CT molecular complexity index is 1440. The van der Waals surface area contributed by atoms with E-state index in [4.69, 9.17) is 0 Å². The number of aromatic nitrogens is 2. The number of anilines is 1. The van der Waals surface area contributed by atoms with Gasteiger partial charge in [0.15, 0.2) is 5.82 Å². The van der Waals surface area contributed by atoms with Gasteiger partial charge in [-0.3, -0.25) is 9.59 Å². The predicted molar refractivity (Wildman–Crippen MR) is 153 cm³/mol. The van der Waals surface area contributed by atoms with Gasteiger partial charge in [-0.25, -0.2) is 4.39 Å². The molecule has 3 aromatic carbocycles. The molecule has 1 atom stereocenters. The maximum Gasteiger partial charge on any atom is 0.254 e. The van der Waals surface area contributed by atoms with Crippen molar-refractivity contribution >= 4 is 17.6 Å². The van der Waals surface area contributed by atoms with Gasteiger partial charge >= 0.3 is 0 Å². The Kier molecular flexibility index (Phi) is 8.15. The van der Waals surface area contributed by atoms with Crippen molar-refractivity contribution < 1.29 is 14.0 Å². The number of carbonyl (C=O) groups is 2. The molecule has 8 heteroatoms. The lowest BCUT2D eigenvalue weighted by Gasteiger charge is -2.37. The fraction of sp³-hybridized carbons (Fsp3) is 0.250. The summed E-state index contributed by atoms with van der Waals surface area (Å²) < 4.78 is 13.5. The van der Waals surface area contributed by atoms with Crippen molar-refractivity contribution in [2.24, 2.45) is 0 Å². The van der Waals surface area contributed by atoms with Crippen LogP contribution in [0.3, 0.4) is 0 Å². The SMILES string of the molecule is Cc1ccc(-c2ccc(N3CCN(C(=O)CN(C(=O)c4ccc(F)cc4)[C@@H](C)c4ccccc4)CC3)nn2)cc1. The Morgan fingerprint density at radius 1 is 0.850 bits per heavy atom. The second-order valence-electron chi connectivity index (χ2n) is 10.0. The summed E-state index contributed by atoms with van der Waals surface area (Å²) in [6, 6.07) is 26.8. The van der Waals surface area contributed by atoms with Crippen LogP contribution in [-0.4, -0.2) is 64.5 Å². The quantitative estimate of drug-likeness (QED) is 0.326. The maximum atomic E-state index is 13.5. The van der Waals surface area contributed by atoms with Crippen molar-refractivity contribution in [1.82, 2.24) is 20.0 Å². The van der Waals surface area contributed by atoms with Crippen molar-refractivity contribution in [1.29, 1.82) is 0 Å².